The Morgan fingerprint density at radius 2 is 0.439 bits per heavy atom. The SMILES string of the molecule is CCCCCCC/C=C\C/C=C\CCCCCCCCCCCCCCCCCC(=O)OCC(COC(=O)CCCCCCCCCCCCCC)OC(=O)CCCCCCCCCCCCCCC/C=C\C/C=C\CCCCCCC. The van der Waals surface area contributed by atoms with Crippen LogP contribution >= 0.6 is 0 Å². The summed E-state index contributed by atoms with van der Waals surface area (Å²) in [4.78, 5) is 38.4. The number of hydrogen-bond donors (Lipinski definition) is 0. The zero-order chi connectivity index (χ0) is 59.2. The number of rotatable bonds is 68. The van der Waals surface area contributed by atoms with E-state index in [0.717, 1.165) is 70.6 Å². The molecular formula is C76H140O6. The maximum atomic E-state index is 13.0. The number of carbonyl (C=O) groups excluding carboxylic acids is 3. The van der Waals surface area contributed by atoms with Crippen LogP contribution in [0.3, 0.4) is 0 Å². The monoisotopic (exact) mass is 1150 g/mol. The first-order chi connectivity index (χ1) is 40.5. The highest BCUT2D eigenvalue weighted by molar-refractivity contribution is 5.71. The van der Waals surface area contributed by atoms with E-state index in [1.807, 2.05) is 0 Å². The van der Waals surface area contributed by atoms with Crippen LogP contribution in [0, 0.1) is 0 Å². The maximum absolute atomic E-state index is 13.0. The molecule has 0 amide bonds. The van der Waals surface area contributed by atoms with E-state index < -0.39 is 6.10 Å². The van der Waals surface area contributed by atoms with E-state index in [2.05, 4.69) is 69.4 Å². The van der Waals surface area contributed by atoms with Crippen molar-refractivity contribution in [1.82, 2.24) is 0 Å². The first-order valence-corrected chi connectivity index (χ1v) is 36.6. The van der Waals surface area contributed by atoms with Crippen molar-refractivity contribution in [2.75, 3.05) is 13.2 Å². The molecule has 480 valence electrons. The molecule has 0 N–H and O–H groups in total. The Morgan fingerprint density at radius 3 is 0.671 bits per heavy atom. The molecule has 0 aliphatic heterocycles. The lowest BCUT2D eigenvalue weighted by molar-refractivity contribution is -0.167. The third kappa shape index (κ3) is 68.2. The minimum atomic E-state index is -0.772. The van der Waals surface area contributed by atoms with E-state index in [1.54, 1.807) is 0 Å². The van der Waals surface area contributed by atoms with E-state index in [1.165, 1.54) is 289 Å². The van der Waals surface area contributed by atoms with Crippen molar-refractivity contribution in [1.29, 1.82) is 0 Å². The highest BCUT2D eigenvalue weighted by Gasteiger charge is 2.19. The van der Waals surface area contributed by atoms with Gasteiger partial charge in [-0.25, -0.2) is 0 Å². The van der Waals surface area contributed by atoms with E-state index in [9.17, 15) is 14.4 Å². The lowest BCUT2D eigenvalue weighted by Gasteiger charge is -2.18. The predicted octanol–water partition coefficient (Wildman–Crippen LogP) is 25.3. The minimum Gasteiger partial charge on any atom is -0.462 e. The van der Waals surface area contributed by atoms with Gasteiger partial charge in [-0.1, -0.05) is 345 Å². The summed E-state index contributed by atoms with van der Waals surface area (Å²) in [6.45, 7) is 6.68. The molecule has 0 saturated carbocycles. The van der Waals surface area contributed by atoms with Crippen LogP contribution in [0.5, 0.6) is 0 Å². The minimum absolute atomic E-state index is 0.0678. The van der Waals surface area contributed by atoms with Gasteiger partial charge in [-0.3, -0.25) is 14.4 Å². The first kappa shape index (κ1) is 79.4. The number of carbonyl (C=O) groups is 3. The quantitative estimate of drug-likeness (QED) is 0.0261. The van der Waals surface area contributed by atoms with Gasteiger partial charge in [0.15, 0.2) is 6.10 Å². The highest BCUT2D eigenvalue weighted by Crippen LogP contribution is 2.18. The smallest absolute Gasteiger partial charge is 0.306 e. The molecular weight excluding hydrogens is 1010 g/mol. The molecule has 82 heavy (non-hydrogen) atoms. The number of unbranched alkanes of at least 4 members (excludes halogenated alkanes) is 49. The van der Waals surface area contributed by atoms with E-state index in [-0.39, 0.29) is 31.1 Å². The van der Waals surface area contributed by atoms with Gasteiger partial charge in [0.1, 0.15) is 13.2 Å². The number of ether oxygens (including phenoxy) is 3. The standard InChI is InChI=1S/C76H140O6/c1-4-7-10-13-16-19-22-25-27-29-31-33-35-37-38-40-41-43-45-47-49-51-54-57-60-63-66-69-75(78)81-72-73(71-80-74(77)68-65-62-59-56-53-24-21-18-15-12-9-6-3)82-76(79)70-67-64-61-58-55-52-50-48-46-44-42-39-36-34-32-30-28-26-23-20-17-14-11-8-5-2/h22-23,25-26,29-32,73H,4-21,24,27-28,33-72H2,1-3H3/b25-22-,26-23-,31-29-,32-30-. The molecule has 0 heterocycles. The Bertz CT molecular complexity index is 1410. The van der Waals surface area contributed by atoms with Gasteiger partial charge in [0.05, 0.1) is 0 Å². The molecule has 6 nitrogen and oxygen atoms in total. The van der Waals surface area contributed by atoms with Gasteiger partial charge in [-0.05, 0) is 83.5 Å². The molecule has 0 fully saturated rings. The van der Waals surface area contributed by atoms with Gasteiger partial charge in [-0.15, -0.1) is 0 Å². The van der Waals surface area contributed by atoms with E-state index in [0.29, 0.717) is 19.3 Å². The number of hydrogen-bond acceptors (Lipinski definition) is 6. The van der Waals surface area contributed by atoms with Gasteiger partial charge < -0.3 is 14.2 Å². The molecule has 6 heteroatoms. The zero-order valence-corrected chi connectivity index (χ0v) is 55.3. The fraction of sp³-hybridized carbons (Fsp3) is 0.855. The second kappa shape index (κ2) is 70.9. The molecule has 0 aromatic rings. The maximum Gasteiger partial charge on any atom is 0.306 e. The van der Waals surface area contributed by atoms with Crippen LogP contribution in [0.25, 0.3) is 0 Å². The molecule has 0 aliphatic carbocycles. The van der Waals surface area contributed by atoms with Crippen LogP contribution in [-0.4, -0.2) is 37.2 Å². The van der Waals surface area contributed by atoms with Gasteiger partial charge in [-0.2, -0.15) is 0 Å². The molecule has 0 aliphatic rings. The number of allylic oxidation sites excluding steroid dienone is 8. The summed E-state index contributed by atoms with van der Waals surface area (Å²) in [5, 5.41) is 0. The van der Waals surface area contributed by atoms with Crippen molar-refractivity contribution in [3.05, 3.63) is 48.6 Å². The number of esters is 3. The van der Waals surface area contributed by atoms with Gasteiger partial charge in [0, 0.05) is 19.3 Å². The van der Waals surface area contributed by atoms with Crippen LogP contribution < -0.4 is 0 Å². The molecule has 1 atom stereocenters. The van der Waals surface area contributed by atoms with Crippen molar-refractivity contribution in [2.24, 2.45) is 0 Å². The van der Waals surface area contributed by atoms with Crippen LogP contribution in [0.2, 0.25) is 0 Å². The molecule has 0 rings (SSSR count). The predicted molar refractivity (Wildman–Crippen MR) is 358 cm³/mol. The molecule has 1 unspecified atom stereocenters. The summed E-state index contributed by atoms with van der Waals surface area (Å²) in [6.07, 6.45) is 90.0. The Hall–Kier alpha value is -2.63. The van der Waals surface area contributed by atoms with E-state index in [4.69, 9.17) is 14.2 Å². The van der Waals surface area contributed by atoms with Gasteiger partial charge in [0.2, 0.25) is 0 Å². The molecule has 0 bridgehead atoms. The third-order valence-corrected chi connectivity index (χ3v) is 16.6. The zero-order valence-electron chi connectivity index (χ0n) is 55.3. The van der Waals surface area contributed by atoms with Crippen LogP contribution in [0.4, 0.5) is 0 Å². The Balaban J connectivity index is 4.20. The molecule has 0 aromatic heterocycles. The Morgan fingerprint density at radius 1 is 0.244 bits per heavy atom. The summed E-state index contributed by atoms with van der Waals surface area (Å²) in [6, 6.07) is 0. The largest absolute Gasteiger partial charge is 0.462 e. The fourth-order valence-corrected chi connectivity index (χ4v) is 11.0. The lowest BCUT2D eigenvalue weighted by Crippen LogP contribution is -2.30. The molecule has 0 spiro atoms. The van der Waals surface area contributed by atoms with Gasteiger partial charge in [0.25, 0.3) is 0 Å². The van der Waals surface area contributed by atoms with Crippen molar-refractivity contribution in [3.8, 4) is 0 Å². The summed E-state index contributed by atoms with van der Waals surface area (Å²) in [5.74, 6) is -0.841. The molecule has 0 saturated heterocycles. The summed E-state index contributed by atoms with van der Waals surface area (Å²) < 4.78 is 17.0. The van der Waals surface area contributed by atoms with Crippen LogP contribution in [0.1, 0.15) is 400 Å². The van der Waals surface area contributed by atoms with Crippen molar-refractivity contribution >= 4 is 17.9 Å². The normalized spacial score (nSPS) is 12.3. The fourth-order valence-electron chi connectivity index (χ4n) is 11.0. The molecule has 0 radical (unpaired) electrons. The topological polar surface area (TPSA) is 78.9 Å². The average Bonchev–Trinajstić information content (AvgIpc) is 3.47. The van der Waals surface area contributed by atoms with Crippen molar-refractivity contribution in [2.45, 2.75) is 406 Å². The average molecular weight is 1150 g/mol. The Kier molecular flexibility index (Phi) is 68.6. The summed E-state index contributed by atoms with van der Waals surface area (Å²) >= 11 is 0. The third-order valence-electron chi connectivity index (χ3n) is 16.6. The van der Waals surface area contributed by atoms with Crippen molar-refractivity contribution in [3.63, 3.8) is 0 Å². The Labute approximate surface area is 511 Å². The van der Waals surface area contributed by atoms with Crippen LogP contribution in [-0.2, 0) is 28.6 Å². The van der Waals surface area contributed by atoms with Crippen LogP contribution in [0.15, 0.2) is 48.6 Å². The lowest BCUT2D eigenvalue weighted by atomic mass is 10.0. The van der Waals surface area contributed by atoms with Gasteiger partial charge >= 0.3 is 17.9 Å². The second-order valence-electron chi connectivity index (χ2n) is 24.9. The summed E-state index contributed by atoms with van der Waals surface area (Å²) in [7, 11) is 0. The summed E-state index contributed by atoms with van der Waals surface area (Å²) in [5.41, 5.74) is 0. The second-order valence-corrected chi connectivity index (χ2v) is 24.9. The van der Waals surface area contributed by atoms with Crippen molar-refractivity contribution < 1.29 is 28.6 Å². The highest BCUT2D eigenvalue weighted by atomic mass is 16.6. The van der Waals surface area contributed by atoms with E-state index >= 15 is 0 Å². The molecule has 0 aromatic carbocycles. The first-order valence-electron chi connectivity index (χ1n) is 36.6.